The minimum absolute atomic E-state index is 0.416. The lowest BCUT2D eigenvalue weighted by atomic mass is 9.98. The van der Waals surface area contributed by atoms with E-state index in [9.17, 15) is 9.59 Å². The molecule has 1 aromatic heterocycles. The van der Waals surface area contributed by atoms with Gasteiger partial charge in [-0.2, -0.15) is 0 Å². The van der Waals surface area contributed by atoms with Crippen molar-refractivity contribution in [2.75, 3.05) is 0 Å². The van der Waals surface area contributed by atoms with E-state index in [1.807, 2.05) is 30.3 Å². The molecule has 0 spiro atoms. The number of rotatable bonds is 5. The molecule has 0 aliphatic heterocycles. The molecule has 2 aromatic rings. The Balaban J connectivity index is 2.10. The van der Waals surface area contributed by atoms with Gasteiger partial charge in [0.15, 0.2) is 6.29 Å². The van der Waals surface area contributed by atoms with Crippen molar-refractivity contribution in [2.24, 2.45) is 0 Å². The van der Waals surface area contributed by atoms with Gasteiger partial charge in [-0.25, -0.2) is 0 Å². The van der Waals surface area contributed by atoms with E-state index in [4.69, 9.17) is 5.11 Å². The lowest BCUT2D eigenvalue weighted by Crippen LogP contribution is -2.07. The Morgan fingerprint density at radius 1 is 1.20 bits per heavy atom. The first-order valence-corrected chi connectivity index (χ1v) is 6.32. The van der Waals surface area contributed by atoms with Crippen LogP contribution in [0.4, 0.5) is 0 Å². The summed E-state index contributed by atoms with van der Waals surface area (Å²) >= 11 is 0. The Morgan fingerprint density at radius 3 is 2.35 bits per heavy atom. The van der Waals surface area contributed by atoms with Gasteiger partial charge in [-0.15, -0.1) is 0 Å². The van der Waals surface area contributed by atoms with Gasteiger partial charge in [0.1, 0.15) is 5.69 Å². The van der Waals surface area contributed by atoms with Gasteiger partial charge in [-0.3, -0.25) is 14.6 Å². The van der Waals surface area contributed by atoms with Crippen LogP contribution >= 0.6 is 0 Å². The second-order valence-corrected chi connectivity index (χ2v) is 4.69. The molecule has 4 nitrogen and oxygen atoms in total. The maximum absolute atomic E-state index is 10.9. The third-order valence-electron chi connectivity index (χ3n) is 3.23. The van der Waals surface area contributed by atoms with Gasteiger partial charge >= 0.3 is 5.97 Å². The maximum atomic E-state index is 10.9. The average Bonchev–Trinajstić information content (AvgIpc) is 2.48. The topological polar surface area (TPSA) is 67.3 Å². The van der Waals surface area contributed by atoms with Crippen molar-refractivity contribution in [3.05, 3.63) is 65.0 Å². The Kier molecular flexibility index (Phi) is 4.25. The SMILES string of the molecule is CC(C(=O)O)c1ccc(Cc2ccc(C=O)nc2)cc1. The van der Waals surface area contributed by atoms with Crippen LogP contribution in [0.3, 0.4) is 0 Å². The summed E-state index contributed by atoms with van der Waals surface area (Å²) in [6.07, 6.45) is 3.09. The van der Waals surface area contributed by atoms with Crippen molar-refractivity contribution in [1.82, 2.24) is 4.98 Å². The number of carbonyl (C=O) groups excluding carboxylic acids is 1. The summed E-state index contributed by atoms with van der Waals surface area (Å²) in [5, 5.41) is 8.95. The molecule has 2 rings (SSSR count). The fourth-order valence-electron chi connectivity index (χ4n) is 1.91. The number of carboxylic acids is 1. The third kappa shape index (κ3) is 3.29. The summed E-state index contributed by atoms with van der Waals surface area (Å²) in [7, 11) is 0. The minimum Gasteiger partial charge on any atom is -0.481 e. The highest BCUT2D eigenvalue weighted by atomic mass is 16.4. The van der Waals surface area contributed by atoms with Gasteiger partial charge in [0.25, 0.3) is 0 Å². The van der Waals surface area contributed by atoms with Crippen LogP contribution in [-0.2, 0) is 11.2 Å². The molecule has 1 atom stereocenters. The first-order chi connectivity index (χ1) is 9.60. The van der Waals surface area contributed by atoms with Crippen molar-refractivity contribution in [3.63, 3.8) is 0 Å². The molecule has 0 aliphatic carbocycles. The number of benzene rings is 1. The van der Waals surface area contributed by atoms with Gasteiger partial charge in [0, 0.05) is 6.20 Å². The molecule has 0 amide bonds. The fourth-order valence-corrected chi connectivity index (χ4v) is 1.91. The van der Waals surface area contributed by atoms with Crippen LogP contribution in [-0.4, -0.2) is 22.3 Å². The van der Waals surface area contributed by atoms with Crippen LogP contribution < -0.4 is 0 Å². The van der Waals surface area contributed by atoms with E-state index >= 15 is 0 Å². The summed E-state index contributed by atoms with van der Waals surface area (Å²) < 4.78 is 0. The molecule has 0 fully saturated rings. The number of nitrogens with zero attached hydrogens (tertiary/aromatic N) is 1. The molecule has 1 aromatic carbocycles. The van der Waals surface area contributed by atoms with Crippen LogP contribution in [0.1, 0.15) is 40.0 Å². The third-order valence-corrected chi connectivity index (χ3v) is 3.23. The monoisotopic (exact) mass is 269 g/mol. The fraction of sp³-hybridized carbons (Fsp3) is 0.188. The number of aromatic nitrogens is 1. The van der Waals surface area contributed by atoms with Crippen LogP contribution in [0, 0.1) is 0 Å². The highest BCUT2D eigenvalue weighted by Gasteiger charge is 2.12. The number of pyridine rings is 1. The molecule has 1 heterocycles. The quantitative estimate of drug-likeness (QED) is 0.847. The smallest absolute Gasteiger partial charge is 0.310 e. The van der Waals surface area contributed by atoms with E-state index in [0.29, 0.717) is 18.4 Å². The van der Waals surface area contributed by atoms with Crippen molar-refractivity contribution in [3.8, 4) is 0 Å². The van der Waals surface area contributed by atoms with E-state index in [2.05, 4.69) is 4.98 Å². The van der Waals surface area contributed by atoms with Crippen LogP contribution in [0.5, 0.6) is 0 Å². The van der Waals surface area contributed by atoms with Crippen molar-refractivity contribution in [1.29, 1.82) is 0 Å². The molecule has 0 saturated heterocycles. The molecular weight excluding hydrogens is 254 g/mol. The average molecular weight is 269 g/mol. The summed E-state index contributed by atoms with van der Waals surface area (Å²) in [6, 6.07) is 11.1. The summed E-state index contributed by atoms with van der Waals surface area (Å²) in [5.41, 5.74) is 3.29. The predicted octanol–water partition coefficient (Wildman–Crippen LogP) is 2.67. The molecule has 1 N–H and O–H groups in total. The number of hydrogen-bond acceptors (Lipinski definition) is 3. The standard InChI is InChI=1S/C16H15NO3/c1-11(16(19)20)14-5-2-12(3-6-14)8-13-4-7-15(10-18)17-9-13/h2-7,9-11H,8H2,1H3,(H,19,20). The summed E-state index contributed by atoms with van der Waals surface area (Å²) in [4.78, 5) is 25.4. The molecular formula is C16H15NO3. The molecule has 0 radical (unpaired) electrons. The molecule has 0 saturated carbocycles. The van der Waals surface area contributed by atoms with E-state index in [1.165, 1.54) is 0 Å². The van der Waals surface area contributed by atoms with Crippen LogP contribution in [0.2, 0.25) is 0 Å². The lowest BCUT2D eigenvalue weighted by molar-refractivity contribution is -0.138. The number of aliphatic carboxylic acids is 1. The first kappa shape index (κ1) is 13.9. The Morgan fingerprint density at radius 2 is 1.85 bits per heavy atom. The lowest BCUT2D eigenvalue weighted by Gasteiger charge is -2.08. The van der Waals surface area contributed by atoms with Crippen LogP contribution in [0.15, 0.2) is 42.6 Å². The second kappa shape index (κ2) is 6.10. The van der Waals surface area contributed by atoms with Crippen LogP contribution in [0.25, 0.3) is 0 Å². The van der Waals surface area contributed by atoms with Gasteiger partial charge in [-0.1, -0.05) is 30.3 Å². The largest absolute Gasteiger partial charge is 0.481 e. The van der Waals surface area contributed by atoms with E-state index in [0.717, 1.165) is 16.7 Å². The highest BCUT2D eigenvalue weighted by Crippen LogP contribution is 2.17. The Bertz CT molecular complexity index is 603. The number of carboxylic acid groups (broad SMARTS) is 1. The number of carbonyl (C=O) groups is 2. The Hall–Kier alpha value is -2.49. The zero-order valence-electron chi connectivity index (χ0n) is 11.1. The molecule has 0 aliphatic rings. The Labute approximate surface area is 117 Å². The maximum Gasteiger partial charge on any atom is 0.310 e. The van der Waals surface area contributed by atoms with Gasteiger partial charge < -0.3 is 5.11 Å². The molecule has 102 valence electrons. The van der Waals surface area contributed by atoms with Gasteiger partial charge in [0.05, 0.1) is 5.92 Å². The van der Waals surface area contributed by atoms with E-state index in [1.54, 1.807) is 19.2 Å². The predicted molar refractivity (Wildman–Crippen MR) is 74.9 cm³/mol. The second-order valence-electron chi connectivity index (χ2n) is 4.69. The zero-order valence-corrected chi connectivity index (χ0v) is 11.1. The zero-order chi connectivity index (χ0) is 14.5. The first-order valence-electron chi connectivity index (χ1n) is 6.32. The summed E-state index contributed by atoms with van der Waals surface area (Å²) in [5.74, 6) is -1.33. The number of hydrogen-bond donors (Lipinski definition) is 1. The molecule has 0 bridgehead atoms. The highest BCUT2D eigenvalue weighted by molar-refractivity contribution is 5.75. The van der Waals surface area contributed by atoms with E-state index in [-0.39, 0.29) is 0 Å². The molecule has 4 heteroatoms. The molecule has 20 heavy (non-hydrogen) atoms. The normalized spacial score (nSPS) is 11.8. The van der Waals surface area contributed by atoms with Gasteiger partial charge in [-0.05, 0) is 36.1 Å². The number of aldehydes is 1. The van der Waals surface area contributed by atoms with Crippen molar-refractivity contribution in [2.45, 2.75) is 19.3 Å². The molecule has 1 unspecified atom stereocenters. The van der Waals surface area contributed by atoms with Crippen molar-refractivity contribution < 1.29 is 14.7 Å². The summed E-state index contributed by atoms with van der Waals surface area (Å²) in [6.45, 7) is 1.67. The van der Waals surface area contributed by atoms with Crippen molar-refractivity contribution >= 4 is 12.3 Å². The van der Waals surface area contributed by atoms with E-state index < -0.39 is 11.9 Å². The minimum atomic E-state index is -0.827. The van der Waals surface area contributed by atoms with Gasteiger partial charge in [0.2, 0.25) is 0 Å².